The molecule has 86 valence electrons. The summed E-state index contributed by atoms with van der Waals surface area (Å²) >= 11 is 0. The maximum absolute atomic E-state index is 9.10. The van der Waals surface area contributed by atoms with Crippen molar-refractivity contribution in [3.8, 4) is 12.1 Å². The summed E-state index contributed by atoms with van der Waals surface area (Å²) in [6.45, 7) is 0. The predicted octanol–water partition coefficient (Wildman–Crippen LogP) is 3.20. The quantitative estimate of drug-likeness (QED) is 0.800. The third-order valence-corrected chi connectivity index (χ3v) is 2.77. The lowest BCUT2D eigenvalue weighted by Crippen LogP contribution is -2.12. The Labute approximate surface area is 106 Å². The highest BCUT2D eigenvalue weighted by Gasteiger charge is 2.11. The number of nitriles is 2. The van der Waals surface area contributed by atoms with Crippen LogP contribution in [0.4, 0.5) is 11.4 Å². The van der Waals surface area contributed by atoms with Gasteiger partial charge in [-0.15, -0.1) is 0 Å². The molecule has 2 aromatic rings. The smallest absolute Gasteiger partial charge is 0.101 e. The van der Waals surface area contributed by atoms with Crippen LogP contribution >= 0.6 is 0 Å². The Bertz CT molecular complexity index is 590. The van der Waals surface area contributed by atoms with Gasteiger partial charge in [-0.05, 0) is 24.3 Å². The van der Waals surface area contributed by atoms with Crippen LogP contribution in [-0.4, -0.2) is 7.05 Å². The fourth-order valence-corrected chi connectivity index (χ4v) is 1.85. The molecule has 0 spiro atoms. The van der Waals surface area contributed by atoms with Crippen LogP contribution in [0.1, 0.15) is 11.1 Å². The molecule has 0 heterocycles. The van der Waals surface area contributed by atoms with Crippen molar-refractivity contribution in [2.45, 2.75) is 0 Å². The number of hydrogen-bond acceptors (Lipinski definition) is 3. The molecule has 0 aliphatic heterocycles. The first-order chi connectivity index (χ1) is 8.77. The molecule has 0 N–H and O–H groups in total. The number of para-hydroxylation sites is 2. The molecule has 0 amide bonds. The lowest BCUT2D eigenvalue weighted by molar-refractivity contribution is 1.19. The van der Waals surface area contributed by atoms with Crippen LogP contribution in [0, 0.1) is 22.7 Å². The van der Waals surface area contributed by atoms with Crippen molar-refractivity contribution in [1.82, 2.24) is 0 Å². The number of benzene rings is 2. The van der Waals surface area contributed by atoms with Crippen LogP contribution in [0.15, 0.2) is 48.5 Å². The van der Waals surface area contributed by atoms with Gasteiger partial charge in [-0.3, -0.25) is 0 Å². The molecule has 0 aliphatic carbocycles. The van der Waals surface area contributed by atoms with Gasteiger partial charge in [-0.1, -0.05) is 24.3 Å². The first kappa shape index (κ1) is 11.7. The minimum absolute atomic E-state index is 0.591. The van der Waals surface area contributed by atoms with Crippen molar-refractivity contribution in [2.24, 2.45) is 0 Å². The monoisotopic (exact) mass is 233 g/mol. The maximum Gasteiger partial charge on any atom is 0.101 e. The fourth-order valence-electron chi connectivity index (χ4n) is 1.85. The third kappa shape index (κ3) is 2.03. The summed E-state index contributed by atoms with van der Waals surface area (Å²) in [7, 11) is 1.85. The van der Waals surface area contributed by atoms with E-state index in [0.717, 1.165) is 11.4 Å². The van der Waals surface area contributed by atoms with Gasteiger partial charge in [-0.2, -0.15) is 10.5 Å². The van der Waals surface area contributed by atoms with Crippen molar-refractivity contribution in [3.63, 3.8) is 0 Å². The van der Waals surface area contributed by atoms with E-state index in [-0.39, 0.29) is 0 Å². The van der Waals surface area contributed by atoms with Gasteiger partial charge in [0, 0.05) is 7.05 Å². The van der Waals surface area contributed by atoms with Gasteiger partial charge in [0.25, 0.3) is 0 Å². The molecule has 2 rings (SSSR count). The highest BCUT2D eigenvalue weighted by Crippen LogP contribution is 2.28. The summed E-state index contributed by atoms with van der Waals surface area (Å²) in [5.74, 6) is 0. The second-order valence-corrected chi connectivity index (χ2v) is 3.82. The minimum atomic E-state index is 0.591. The second kappa shape index (κ2) is 5.03. The molecule has 0 fully saturated rings. The average Bonchev–Trinajstić information content (AvgIpc) is 2.46. The van der Waals surface area contributed by atoms with Gasteiger partial charge in [0.05, 0.1) is 22.5 Å². The van der Waals surface area contributed by atoms with Gasteiger partial charge in [0.2, 0.25) is 0 Å². The van der Waals surface area contributed by atoms with Crippen molar-refractivity contribution in [3.05, 3.63) is 59.7 Å². The molecule has 0 radical (unpaired) electrons. The van der Waals surface area contributed by atoms with Gasteiger partial charge in [-0.25, -0.2) is 0 Å². The zero-order chi connectivity index (χ0) is 13.0. The van der Waals surface area contributed by atoms with Crippen LogP contribution in [0.5, 0.6) is 0 Å². The van der Waals surface area contributed by atoms with Crippen molar-refractivity contribution in [2.75, 3.05) is 11.9 Å². The fraction of sp³-hybridized carbons (Fsp3) is 0.0667. The number of hydrogen-bond donors (Lipinski definition) is 0. The van der Waals surface area contributed by atoms with Crippen LogP contribution in [0.3, 0.4) is 0 Å². The molecular weight excluding hydrogens is 222 g/mol. The molecule has 2 aromatic carbocycles. The first-order valence-corrected chi connectivity index (χ1v) is 5.50. The van der Waals surface area contributed by atoms with E-state index in [0.29, 0.717) is 11.1 Å². The summed E-state index contributed by atoms with van der Waals surface area (Å²) in [5.41, 5.74) is 2.77. The molecule has 3 nitrogen and oxygen atoms in total. The summed E-state index contributed by atoms with van der Waals surface area (Å²) < 4.78 is 0. The standard InChI is InChI=1S/C15H11N3/c1-18(14-8-4-2-6-12(14)10-16)15-9-5-3-7-13(15)11-17/h2-9H,1H3. The first-order valence-electron chi connectivity index (χ1n) is 5.50. The molecule has 3 heteroatoms. The average molecular weight is 233 g/mol. The molecule has 18 heavy (non-hydrogen) atoms. The van der Waals surface area contributed by atoms with Crippen LogP contribution in [-0.2, 0) is 0 Å². The number of nitrogens with zero attached hydrogens (tertiary/aromatic N) is 3. The Morgan fingerprint density at radius 3 is 1.56 bits per heavy atom. The molecule has 0 aromatic heterocycles. The molecule has 0 aliphatic rings. The zero-order valence-corrected chi connectivity index (χ0v) is 9.96. The predicted molar refractivity (Wildman–Crippen MR) is 70.4 cm³/mol. The van der Waals surface area contributed by atoms with Crippen molar-refractivity contribution < 1.29 is 0 Å². The van der Waals surface area contributed by atoms with E-state index in [2.05, 4.69) is 12.1 Å². The maximum atomic E-state index is 9.10. The Hall–Kier alpha value is -2.78. The van der Waals surface area contributed by atoms with E-state index in [1.54, 1.807) is 12.1 Å². The lowest BCUT2D eigenvalue weighted by atomic mass is 10.1. The highest BCUT2D eigenvalue weighted by molar-refractivity contribution is 5.72. The summed E-state index contributed by atoms with van der Waals surface area (Å²) in [5, 5.41) is 18.2. The molecule has 0 unspecified atom stereocenters. The van der Waals surface area contributed by atoms with Gasteiger partial charge in [0.15, 0.2) is 0 Å². The normalized spacial score (nSPS) is 9.28. The lowest BCUT2D eigenvalue weighted by Gasteiger charge is -2.21. The topological polar surface area (TPSA) is 50.8 Å². The summed E-state index contributed by atoms with van der Waals surface area (Å²) in [4.78, 5) is 1.86. The minimum Gasteiger partial charge on any atom is -0.342 e. The largest absolute Gasteiger partial charge is 0.342 e. The zero-order valence-electron chi connectivity index (χ0n) is 9.96. The van der Waals surface area contributed by atoms with Gasteiger partial charge >= 0.3 is 0 Å². The van der Waals surface area contributed by atoms with Gasteiger partial charge in [0.1, 0.15) is 12.1 Å². The molecular formula is C15H11N3. The number of rotatable bonds is 2. The second-order valence-electron chi connectivity index (χ2n) is 3.82. The van der Waals surface area contributed by atoms with Crippen LogP contribution < -0.4 is 4.90 Å². The van der Waals surface area contributed by atoms with Gasteiger partial charge < -0.3 is 4.90 Å². The van der Waals surface area contributed by atoms with Crippen molar-refractivity contribution in [1.29, 1.82) is 10.5 Å². The SMILES string of the molecule is CN(c1ccccc1C#N)c1ccccc1C#N. The Morgan fingerprint density at radius 1 is 0.778 bits per heavy atom. The van der Waals surface area contributed by atoms with E-state index in [9.17, 15) is 0 Å². The summed E-state index contributed by atoms with van der Waals surface area (Å²) in [6, 6.07) is 19.0. The Kier molecular flexibility index (Phi) is 3.27. The molecule has 0 atom stereocenters. The van der Waals surface area contributed by atoms with E-state index in [1.165, 1.54) is 0 Å². The number of anilines is 2. The Morgan fingerprint density at radius 2 is 1.17 bits per heavy atom. The molecule has 0 saturated carbocycles. The van der Waals surface area contributed by atoms with E-state index in [1.807, 2.05) is 48.3 Å². The molecule has 0 saturated heterocycles. The summed E-state index contributed by atoms with van der Waals surface area (Å²) in [6.07, 6.45) is 0. The van der Waals surface area contributed by atoms with E-state index < -0.39 is 0 Å². The Balaban J connectivity index is 2.53. The van der Waals surface area contributed by atoms with Crippen molar-refractivity contribution >= 4 is 11.4 Å². The highest BCUT2D eigenvalue weighted by atomic mass is 15.1. The van der Waals surface area contributed by atoms with E-state index in [4.69, 9.17) is 10.5 Å². The third-order valence-electron chi connectivity index (χ3n) is 2.77. The molecule has 0 bridgehead atoms. The van der Waals surface area contributed by atoms with Crippen LogP contribution in [0.25, 0.3) is 0 Å². The van der Waals surface area contributed by atoms with Crippen LogP contribution in [0.2, 0.25) is 0 Å². The van der Waals surface area contributed by atoms with E-state index >= 15 is 0 Å².